The lowest BCUT2D eigenvalue weighted by atomic mass is 9.98. The Morgan fingerprint density at radius 2 is 1.47 bits per heavy atom. The van der Waals surface area contributed by atoms with Gasteiger partial charge in [-0.05, 0) is 39.9 Å². The van der Waals surface area contributed by atoms with Gasteiger partial charge in [0.1, 0.15) is 13.2 Å². The number of halogens is 1. The lowest BCUT2D eigenvalue weighted by molar-refractivity contribution is -0.138. The van der Waals surface area contributed by atoms with Gasteiger partial charge in [-0.1, -0.05) is 72.3 Å². The van der Waals surface area contributed by atoms with Crippen LogP contribution in [0.4, 0.5) is 4.79 Å². The first kappa shape index (κ1) is 20.0. The van der Waals surface area contributed by atoms with Crippen molar-refractivity contribution in [3.05, 3.63) is 94.5 Å². The molecule has 0 fully saturated rings. The molecule has 0 unspecified atom stereocenters. The van der Waals surface area contributed by atoms with Gasteiger partial charge in [-0.25, -0.2) is 4.79 Å². The van der Waals surface area contributed by atoms with Gasteiger partial charge in [-0.2, -0.15) is 0 Å². The van der Waals surface area contributed by atoms with E-state index in [1.807, 2.05) is 36.4 Å². The van der Waals surface area contributed by atoms with Gasteiger partial charge in [0, 0.05) is 17.5 Å². The van der Waals surface area contributed by atoms with Crippen LogP contribution in [0.2, 0.25) is 5.02 Å². The van der Waals surface area contributed by atoms with Gasteiger partial charge in [0.05, 0.1) is 0 Å². The zero-order valence-electron chi connectivity index (χ0n) is 16.1. The molecule has 0 saturated carbocycles. The van der Waals surface area contributed by atoms with Gasteiger partial charge in [-0.3, -0.25) is 9.69 Å². The van der Waals surface area contributed by atoms with Crippen molar-refractivity contribution in [2.24, 2.45) is 0 Å². The summed E-state index contributed by atoms with van der Waals surface area (Å²) in [5.74, 6) is -1.18. The molecule has 152 valence electrons. The first-order chi connectivity index (χ1) is 14.5. The summed E-state index contributed by atoms with van der Waals surface area (Å²) in [7, 11) is 0. The summed E-state index contributed by atoms with van der Waals surface area (Å²) in [6, 6.07) is 23.0. The number of carbonyl (C=O) groups is 2. The van der Waals surface area contributed by atoms with Crippen molar-refractivity contribution < 1.29 is 19.4 Å². The van der Waals surface area contributed by atoms with Crippen molar-refractivity contribution in [2.75, 3.05) is 13.2 Å². The van der Waals surface area contributed by atoms with Gasteiger partial charge in [0.25, 0.3) is 0 Å². The third kappa shape index (κ3) is 4.16. The molecule has 5 nitrogen and oxygen atoms in total. The second-order valence-electron chi connectivity index (χ2n) is 7.18. The first-order valence-corrected chi connectivity index (χ1v) is 9.97. The average molecular weight is 422 g/mol. The monoisotopic (exact) mass is 421 g/mol. The Bertz CT molecular complexity index is 1040. The fraction of sp³-hybridized carbons (Fsp3) is 0.167. The average Bonchev–Trinajstić information content (AvgIpc) is 3.07. The number of aliphatic carboxylic acids is 1. The number of amides is 1. The highest BCUT2D eigenvalue weighted by Gasteiger charge is 2.30. The number of hydrogen-bond donors (Lipinski definition) is 1. The Labute approximate surface area is 179 Å². The Morgan fingerprint density at radius 3 is 2.03 bits per heavy atom. The van der Waals surface area contributed by atoms with E-state index in [9.17, 15) is 14.7 Å². The molecule has 0 atom stereocenters. The van der Waals surface area contributed by atoms with Crippen LogP contribution in [-0.2, 0) is 16.1 Å². The van der Waals surface area contributed by atoms with E-state index < -0.39 is 18.6 Å². The Kier molecular flexibility index (Phi) is 5.72. The maximum atomic E-state index is 12.7. The summed E-state index contributed by atoms with van der Waals surface area (Å²) in [6.45, 7) is -0.178. The molecule has 0 aliphatic heterocycles. The molecular weight excluding hydrogens is 402 g/mol. The summed E-state index contributed by atoms with van der Waals surface area (Å²) in [6.07, 6.45) is -0.658. The molecule has 1 aliphatic carbocycles. The van der Waals surface area contributed by atoms with Gasteiger partial charge >= 0.3 is 12.1 Å². The summed E-state index contributed by atoms with van der Waals surface area (Å²) < 4.78 is 5.60. The maximum Gasteiger partial charge on any atom is 0.410 e. The fourth-order valence-electron chi connectivity index (χ4n) is 3.84. The highest BCUT2D eigenvalue weighted by atomic mass is 35.5. The van der Waals surface area contributed by atoms with E-state index in [-0.39, 0.29) is 19.1 Å². The Morgan fingerprint density at radius 1 is 0.900 bits per heavy atom. The third-order valence-corrected chi connectivity index (χ3v) is 5.46. The van der Waals surface area contributed by atoms with Crippen molar-refractivity contribution in [1.29, 1.82) is 0 Å². The number of carboxylic acids is 1. The van der Waals surface area contributed by atoms with Gasteiger partial charge in [0.2, 0.25) is 0 Å². The van der Waals surface area contributed by atoms with E-state index >= 15 is 0 Å². The molecule has 30 heavy (non-hydrogen) atoms. The van der Waals surface area contributed by atoms with Gasteiger partial charge in [0.15, 0.2) is 0 Å². The standard InChI is InChI=1S/C24H20ClNO4/c25-17-11-9-16(10-12-17)13-26(14-23(27)28)24(29)30-15-22-20-7-3-1-5-18(20)19-6-2-4-8-21(19)22/h1-12,22H,13-15H2,(H,27,28). The van der Waals surface area contributed by atoms with Gasteiger partial charge < -0.3 is 9.84 Å². The van der Waals surface area contributed by atoms with Crippen LogP contribution in [0, 0.1) is 0 Å². The number of fused-ring (bicyclic) bond motifs is 3. The number of hydrogen-bond acceptors (Lipinski definition) is 3. The molecule has 3 aromatic carbocycles. The summed E-state index contributed by atoms with van der Waals surface area (Å²) in [5, 5.41) is 9.80. The Balaban J connectivity index is 1.50. The molecule has 1 aliphatic rings. The molecule has 3 aromatic rings. The third-order valence-electron chi connectivity index (χ3n) is 5.21. The van der Waals surface area contributed by atoms with E-state index in [1.165, 1.54) is 4.90 Å². The molecule has 0 aromatic heterocycles. The largest absolute Gasteiger partial charge is 0.480 e. The number of rotatable bonds is 6. The van der Waals surface area contributed by atoms with Crippen LogP contribution in [0.1, 0.15) is 22.6 Å². The Hall–Kier alpha value is -3.31. The highest BCUT2D eigenvalue weighted by molar-refractivity contribution is 6.30. The molecule has 0 bridgehead atoms. The molecule has 4 rings (SSSR count). The van der Waals surface area contributed by atoms with Crippen LogP contribution >= 0.6 is 11.6 Å². The van der Waals surface area contributed by atoms with Crippen LogP contribution in [0.25, 0.3) is 11.1 Å². The molecule has 0 saturated heterocycles. The highest BCUT2D eigenvalue weighted by Crippen LogP contribution is 2.44. The predicted octanol–water partition coefficient (Wildman–Crippen LogP) is 5.18. The number of carboxylic acid groups (broad SMARTS) is 1. The molecule has 0 radical (unpaired) electrons. The normalized spacial score (nSPS) is 12.2. The zero-order chi connectivity index (χ0) is 21.1. The molecule has 0 heterocycles. The predicted molar refractivity (Wildman–Crippen MR) is 115 cm³/mol. The molecular formula is C24H20ClNO4. The van der Waals surface area contributed by atoms with Crippen LogP contribution in [0.5, 0.6) is 0 Å². The van der Waals surface area contributed by atoms with Crippen LogP contribution < -0.4 is 0 Å². The first-order valence-electron chi connectivity index (χ1n) is 9.59. The molecule has 1 amide bonds. The van der Waals surface area contributed by atoms with Crippen molar-refractivity contribution in [3.63, 3.8) is 0 Å². The van der Waals surface area contributed by atoms with Crippen LogP contribution in [0.3, 0.4) is 0 Å². The van der Waals surface area contributed by atoms with Crippen molar-refractivity contribution in [2.45, 2.75) is 12.5 Å². The summed E-state index contributed by atoms with van der Waals surface area (Å²) in [4.78, 5) is 25.2. The smallest absolute Gasteiger partial charge is 0.410 e. The summed E-state index contributed by atoms with van der Waals surface area (Å²) in [5.41, 5.74) is 5.26. The maximum absolute atomic E-state index is 12.7. The van der Waals surface area contributed by atoms with E-state index in [0.29, 0.717) is 5.02 Å². The van der Waals surface area contributed by atoms with Crippen LogP contribution in [-0.4, -0.2) is 35.2 Å². The van der Waals surface area contributed by atoms with E-state index in [4.69, 9.17) is 16.3 Å². The lowest BCUT2D eigenvalue weighted by Crippen LogP contribution is -2.36. The van der Waals surface area contributed by atoms with Crippen molar-refractivity contribution in [1.82, 2.24) is 4.90 Å². The zero-order valence-corrected chi connectivity index (χ0v) is 16.9. The van der Waals surface area contributed by atoms with Crippen LogP contribution in [0.15, 0.2) is 72.8 Å². The topological polar surface area (TPSA) is 66.8 Å². The quantitative estimate of drug-likeness (QED) is 0.595. The molecule has 0 spiro atoms. The minimum atomic E-state index is -1.10. The van der Waals surface area contributed by atoms with E-state index in [0.717, 1.165) is 27.8 Å². The fourth-order valence-corrected chi connectivity index (χ4v) is 3.97. The van der Waals surface area contributed by atoms with E-state index in [2.05, 4.69) is 12.1 Å². The second kappa shape index (κ2) is 8.59. The minimum absolute atomic E-state index is 0.0800. The second-order valence-corrected chi connectivity index (χ2v) is 7.62. The molecule has 1 N–H and O–H groups in total. The van der Waals surface area contributed by atoms with Gasteiger partial charge in [-0.15, -0.1) is 0 Å². The molecule has 6 heteroatoms. The number of nitrogens with zero attached hydrogens (tertiary/aromatic N) is 1. The number of carbonyl (C=O) groups excluding carboxylic acids is 1. The minimum Gasteiger partial charge on any atom is -0.480 e. The van der Waals surface area contributed by atoms with Crippen molar-refractivity contribution in [3.8, 4) is 11.1 Å². The number of ether oxygens (including phenoxy) is 1. The number of benzene rings is 3. The summed E-state index contributed by atoms with van der Waals surface area (Å²) >= 11 is 5.90. The van der Waals surface area contributed by atoms with Crippen molar-refractivity contribution >= 4 is 23.7 Å². The SMILES string of the molecule is O=C(O)CN(Cc1ccc(Cl)cc1)C(=O)OCC1c2ccccc2-c2ccccc21. The lowest BCUT2D eigenvalue weighted by Gasteiger charge is -2.22. The van der Waals surface area contributed by atoms with E-state index in [1.54, 1.807) is 24.3 Å².